The Balaban J connectivity index is 2.92. The molecular formula is C7H6FN3. The second kappa shape index (κ2) is 1.95. The van der Waals surface area contributed by atoms with E-state index in [0.717, 1.165) is 0 Å². The molecule has 0 unspecified atom stereocenters. The van der Waals surface area contributed by atoms with Crippen LogP contribution in [-0.2, 0) is 0 Å². The van der Waals surface area contributed by atoms with E-state index in [-0.39, 0.29) is 5.82 Å². The Morgan fingerprint density at radius 1 is 1.45 bits per heavy atom. The highest BCUT2D eigenvalue weighted by Crippen LogP contribution is 2.13. The smallest absolute Gasteiger partial charge is 0.192 e. The minimum Gasteiger partial charge on any atom is -0.380 e. The van der Waals surface area contributed by atoms with Crippen molar-refractivity contribution in [1.29, 1.82) is 0 Å². The fraction of sp³-hybridized carbons (Fsp3) is 0. The number of hydrogen-bond donors (Lipinski definition) is 1. The number of nitrogens with two attached hydrogens (primary N) is 1. The van der Waals surface area contributed by atoms with Gasteiger partial charge in [0.05, 0.1) is 0 Å². The number of fused-ring (bicyclic) bond motifs is 1. The maximum absolute atomic E-state index is 12.9. The van der Waals surface area contributed by atoms with Crippen LogP contribution in [0.2, 0.25) is 0 Å². The van der Waals surface area contributed by atoms with E-state index >= 15 is 0 Å². The van der Waals surface area contributed by atoms with Crippen LogP contribution in [0.3, 0.4) is 0 Å². The fourth-order valence-corrected chi connectivity index (χ4v) is 0.987. The molecule has 0 radical (unpaired) electrons. The predicted molar refractivity (Wildman–Crippen MR) is 39.6 cm³/mol. The zero-order valence-electron chi connectivity index (χ0n) is 5.66. The highest BCUT2D eigenvalue weighted by atomic mass is 19.1. The summed E-state index contributed by atoms with van der Waals surface area (Å²) < 4.78 is 14.4. The molecular weight excluding hydrogens is 145 g/mol. The molecule has 0 bridgehead atoms. The molecule has 0 saturated heterocycles. The first kappa shape index (κ1) is 6.15. The van der Waals surface area contributed by atoms with Crippen LogP contribution in [0.5, 0.6) is 0 Å². The SMILES string of the molecule is Nc1nn2ccccc2c1F. The highest BCUT2D eigenvalue weighted by molar-refractivity contribution is 5.55. The summed E-state index contributed by atoms with van der Waals surface area (Å²) in [5.74, 6) is -0.512. The number of nitrogens with zero attached hydrogens (tertiary/aromatic N) is 2. The number of pyridine rings is 1. The van der Waals surface area contributed by atoms with Gasteiger partial charge in [0.15, 0.2) is 11.6 Å². The number of rotatable bonds is 0. The van der Waals surface area contributed by atoms with E-state index in [0.29, 0.717) is 5.52 Å². The van der Waals surface area contributed by atoms with Crippen LogP contribution >= 0.6 is 0 Å². The van der Waals surface area contributed by atoms with E-state index in [2.05, 4.69) is 5.10 Å². The summed E-state index contributed by atoms with van der Waals surface area (Å²) in [6.45, 7) is 0. The molecule has 2 heterocycles. The summed E-state index contributed by atoms with van der Waals surface area (Å²) in [6.07, 6.45) is 1.65. The van der Waals surface area contributed by atoms with Crippen molar-refractivity contribution in [3.05, 3.63) is 30.2 Å². The molecule has 2 aromatic heterocycles. The van der Waals surface area contributed by atoms with Gasteiger partial charge < -0.3 is 5.73 Å². The quantitative estimate of drug-likeness (QED) is 0.611. The molecule has 0 aliphatic heterocycles. The van der Waals surface area contributed by atoms with Gasteiger partial charge in [-0.3, -0.25) is 0 Å². The lowest BCUT2D eigenvalue weighted by Gasteiger charge is -1.87. The molecule has 2 aromatic rings. The lowest BCUT2D eigenvalue weighted by molar-refractivity contribution is 0.643. The topological polar surface area (TPSA) is 43.3 Å². The van der Waals surface area contributed by atoms with Crippen molar-refractivity contribution in [3.8, 4) is 0 Å². The summed E-state index contributed by atoms with van der Waals surface area (Å²) in [4.78, 5) is 0. The molecule has 56 valence electrons. The van der Waals surface area contributed by atoms with Crippen LogP contribution < -0.4 is 5.73 Å². The van der Waals surface area contributed by atoms with E-state index in [1.165, 1.54) is 4.52 Å². The number of aromatic nitrogens is 2. The van der Waals surface area contributed by atoms with Gasteiger partial charge in [0.25, 0.3) is 0 Å². The van der Waals surface area contributed by atoms with Gasteiger partial charge in [0, 0.05) is 6.20 Å². The van der Waals surface area contributed by atoms with Gasteiger partial charge in [0.1, 0.15) is 5.52 Å². The van der Waals surface area contributed by atoms with Gasteiger partial charge in [-0.1, -0.05) is 6.07 Å². The van der Waals surface area contributed by atoms with Crippen molar-refractivity contribution in [3.63, 3.8) is 0 Å². The number of halogens is 1. The normalized spacial score (nSPS) is 10.6. The van der Waals surface area contributed by atoms with Crippen molar-refractivity contribution >= 4 is 11.3 Å². The lowest BCUT2D eigenvalue weighted by atomic mass is 10.4. The zero-order chi connectivity index (χ0) is 7.84. The average molecular weight is 151 g/mol. The third-order valence-electron chi connectivity index (χ3n) is 1.50. The molecule has 0 aliphatic carbocycles. The first-order chi connectivity index (χ1) is 5.29. The van der Waals surface area contributed by atoms with Gasteiger partial charge in [-0.15, -0.1) is 5.10 Å². The van der Waals surface area contributed by atoms with Crippen molar-refractivity contribution < 1.29 is 4.39 Å². The van der Waals surface area contributed by atoms with Crippen LogP contribution in [-0.4, -0.2) is 9.61 Å². The van der Waals surface area contributed by atoms with Gasteiger partial charge in [-0.25, -0.2) is 8.91 Å². The summed E-state index contributed by atoms with van der Waals surface area (Å²) in [7, 11) is 0. The van der Waals surface area contributed by atoms with Gasteiger partial charge in [0.2, 0.25) is 0 Å². The standard InChI is InChI=1S/C7H6FN3/c8-6-5-3-1-2-4-11(5)10-7(6)9/h1-4H,(H2,9,10). The molecule has 0 saturated carbocycles. The molecule has 0 aliphatic rings. The first-order valence-electron chi connectivity index (χ1n) is 3.17. The van der Waals surface area contributed by atoms with Crippen molar-refractivity contribution in [1.82, 2.24) is 9.61 Å². The Labute approximate surface area is 62.2 Å². The molecule has 4 heteroatoms. The molecule has 3 nitrogen and oxygen atoms in total. The van der Waals surface area contributed by atoms with Crippen LogP contribution in [0.25, 0.3) is 5.52 Å². The largest absolute Gasteiger partial charge is 0.380 e. The Hall–Kier alpha value is -1.58. The number of nitrogen functional groups attached to an aromatic ring is 1. The minimum atomic E-state index is -0.453. The third-order valence-corrected chi connectivity index (χ3v) is 1.50. The maximum atomic E-state index is 12.9. The molecule has 0 fully saturated rings. The van der Waals surface area contributed by atoms with E-state index in [1.54, 1.807) is 24.4 Å². The Bertz CT molecular complexity index is 393. The van der Waals surface area contributed by atoms with Crippen LogP contribution in [0, 0.1) is 5.82 Å². The molecule has 2 N–H and O–H groups in total. The van der Waals surface area contributed by atoms with E-state index in [4.69, 9.17) is 5.73 Å². The zero-order valence-corrected chi connectivity index (χ0v) is 5.66. The van der Waals surface area contributed by atoms with Crippen LogP contribution in [0.4, 0.5) is 10.2 Å². The van der Waals surface area contributed by atoms with E-state index < -0.39 is 5.82 Å². The van der Waals surface area contributed by atoms with Gasteiger partial charge in [-0.2, -0.15) is 0 Å². The minimum absolute atomic E-state index is 0.0591. The monoisotopic (exact) mass is 151 g/mol. The molecule has 0 amide bonds. The lowest BCUT2D eigenvalue weighted by Crippen LogP contribution is -1.88. The Morgan fingerprint density at radius 3 is 3.00 bits per heavy atom. The fourth-order valence-electron chi connectivity index (χ4n) is 0.987. The molecule has 0 atom stereocenters. The van der Waals surface area contributed by atoms with E-state index in [1.807, 2.05) is 0 Å². The molecule has 0 spiro atoms. The van der Waals surface area contributed by atoms with Gasteiger partial charge >= 0.3 is 0 Å². The second-order valence-electron chi connectivity index (χ2n) is 2.23. The maximum Gasteiger partial charge on any atom is 0.192 e. The molecule has 0 aromatic carbocycles. The highest BCUT2D eigenvalue weighted by Gasteiger charge is 2.06. The molecule has 11 heavy (non-hydrogen) atoms. The van der Waals surface area contributed by atoms with Gasteiger partial charge in [-0.05, 0) is 12.1 Å². The second-order valence-corrected chi connectivity index (χ2v) is 2.23. The third kappa shape index (κ3) is 0.756. The Morgan fingerprint density at radius 2 is 2.27 bits per heavy atom. The average Bonchev–Trinajstić information content (AvgIpc) is 2.30. The summed E-state index contributed by atoms with van der Waals surface area (Å²) in [5.41, 5.74) is 5.65. The summed E-state index contributed by atoms with van der Waals surface area (Å²) >= 11 is 0. The number of anilines is 1. The van der Waals surface area contributed by atoms with Crippen molar-refractivity contribution in [2.75, 3.05) is 5.73 Å². The predicted octanol–water partition coefficient (Wildman–Crippen LogP) is 1.06. The van der Waals surface area contributed by atoms with Crippen LogP contribution in [0.1, 0.15) is 0 Å². The van der Waals surface area contributed by atoms with Crippen molar-refractivity contribution in [2.45, 2.75) is 0 Å². The van der Waals surface area contributed by atoms with E-state index in [9.17, 15) is 4.39 Å². The Kier molecular flexibility index (Phi) is 1.09. The molecule has 2 rings (SSSR count). The number of hydrogen-bond acceptors (Lipinski definition) is 2. The van der Waals surface area contributed by atoms with Crippen LogP contribution in [0.15, 0.2) is 24.4 Å². The summed E-state index contributed by atoms with van der Waals surface area (Å²) in [5, 5.41) is 3.73. The summed E-state index contributed by atoms with van der Waals surface area (Å²) in [6, 6.07) is 5.12. The van der Waals surface area contributed by atoms with Crippen molar-refractivity contribution in [2.24, 2.45) is 0 Å². The first-order valence-corrected chi connectivity index (χ1v) is 3.17.